The molecule has 6 rings (SSSR count). The number of hydrogen-bond acceptors (Lipinski definition) is 1. The van der Waals surface area contributed by atoms with E-state index in [1.807, 2.05) is 31.4 Å². The molecule has 0 amide bonds. The molecule has 0 N–H and O–H groups in total. The molecular formula is C35H37FNO+. The molecule has 0 atom stereocenters. The van der Waals surface area contributed by atoms with Crippen LogP contribution in [0.3, 0.4) is 0 Å². The number of hydrogen-bond donors (Lipinski definition) is 0. The maximum Gasteiger partial charge on any atom is 0.216 e. The Labute approximate surface area is 225 Å². The third-order valence-electron chi connectivity index (χ3n) is 8.90. The number of aromatic nitrogens is 1. The summed E-state index contributed by atoms with van der Waals surface area (Å²) in [5.41, 5.74) is 7.83. The van der Waals surface area contributed by atoms with Crippen LogP contribution in [-0.2, 0) is 7.05 Å². The molecule has 3 heteroatoms. The van der Waals surface area contributed by atoms with Crippen molar-refractivity contribution in [2.45, 2.75) is 59.3 Å². The predicted octanol–water partition coefficient (Wildman–Crippen LogP) is 9.51. The average Bonchev–Trinajstić information content (AvgIpc) is 3.27. The number of nitrogens with zero attached hydrogens (tertiary/aromatic N) is 1. The first-order chi connectivity index (χ1) is 18.2. The second kappa shape index (κ2) is 9.38. The van der Waals surface area contributed by atoms with Crippen molar-refractivity contribution >= 4 is 21.9 Å². The number of aryl methyl sites for hydroxylation is 2. The maximum absolute atomic E-state index is 15.4. The van der Waals surface area contributed by atoms with Crippen molar-refractivity contribution in [2.75, 3.05) is 0 Å². The van der Waals surface area contributed by atoms with Crippen LogP contribution in [0.1, 0.15) is 63.5 Å². The first-order valence-electron chi connectivity index (χ1n) is 13.9. The quantitative estimate of drug-likeness (QED) is 0.223. The second-order valence-corrected chi connectivity index (χ2v) is 12.3. The Morgan fingerprint density at radius 1 is 0.789 bits per heavy atom. The fraction of sp³-hybridized carbons (Fsp3) is 0.343. The largest absolute Gasteiger partial charge is 0.454 e. The molecule has 0 spiro atoms. The van der Waals surface area contributed by atoms with Crippen LogP contribution in [0.2, 0.25) is 0 Å². The van der Waals surface area contributed by atoms with E-state index in [4.69, 9.17) is 4.42 Å². The normalized spacial score (nSPS) is 18.4. The highest BCUT2D eigenvalue weighted by Gasteiger charge is 2.30. The zero-order chi connectivity index (χ0) is 26.6. The fourth-order valence-corrected chi connectivity index (χ4v) is 6.56. The van der Waals surface area contributed by atoms with Crippen molar-refractivity contribution in [1.82, 2.24) is 0 Å². The molecule has 38 heavy (non-hydrogen) atoms. The summed E-state index contributed by atoms with van der Waals surface area (Å²) in [7, 11) is 2.04. The molecular weight excluding hydrogens is 469 g/mol. The Bertz CT molecular complexity index is 1630. The molecule has 1 fully saturated rings. The standard InChI is InChI=1S/C35H37FNO/c1-22-9-18-27-28-19-20-29(36)32(34(28)38-33(27)31(22)30-8-6-7-21-37(30)5)25-12-10-23(11-13-25)24-14-16-26(17-15-24)35(2,3)4/h6-13,18-21,24,26H,14-17H2,1-5H3/q+1. The van der Waals surface area contributed by atoms with Crippen LogP contribution in [0.25, 0.3) is 44.3 Å². The van der Waals surface area contributed by atoms with Gasteiger partial charge in [0.15, 0.2) is 6.20 Å². The van der Waals surface area contributed by atoms with Crippen molar-refractivity contribution in [3.05, 3.63) is 89.9 Å². The van der Waals surface area contributed by atoms with Crippen LogP contribution in [0.15, 0.2) is 77.3 Å². The molecule has 2 aromatic heterocycles. The van der Waals surface area contributed by atoms with Crippen molar-refractivity contribution in [3.8, 4) is 22.4 Å². The van der Waals surface area contributed by atoms with Crippen LogP contribution in [0, 0.1) is 24.1 Å². The summed E-state index contributed by atoms with van der Waals surface area (Å²) in [6, 6.07) is 22.4. The Kier molecular flexibility index (Phi) is 6.13. The summed E-state index contributed by atoms with van der Waals surface area (Å²) in [6.45, 7) is 9.20. The highest BCUT2D eigenvalue weighted by Crippen LogP contribution is 2.44. The van der Waals surface area contributed by atoms with Gasteiger partial charge in [-0.25, -0.2) is 8.96 Å². The molecule has 0 radical (unpaired) electrons. The lowest BCUT2D eigenvalue weighted by molar-refractivity contribution is -0.660. The molecule has 0 saturated heterocycles. The van der Waals surface area contributed by atoms with Crippen LogP contribution in [-0.4, -0.2) is 0 Å². The Morgan fingerprint density at radius 3 is 2.11 bits per heavy atom. The summed E-state index contributed by atoms with van der Waals surface area (Å²) >= 11 is 0. The van der Waals surface area contributed by atoms with E-state index in [1.54, 1.807) is 6.07 Å². The van der Waals surface area contributed by atoms with Gasteiger partial charge in [-0.05, 0) is 84.7 Å². The van der Waals surface area contributed by atoms with Crippen molar-refractivity contribution < 1.29 is 13.4 Å². The smallest absolute Gasteiger partial charge is 0.216 e. The van der Waals surface area contributed by atoms with Gasteiger partial charge in [-0.3, -0.25) is 0 Å². The molecule has 2 nitrogen and oxygen atoms in total. The molecule has 0 aliphatic heterocycles. The maximum atomic E-state index is 15.4. The third-order valence-corrected chi connectivity index (χ3v) is 8.90. The van der Waals surface area contributed by atoms with Crippen LogP contribution < -0.4 is 4.57 Å². The second-order valence-electron chi connectivity index (χ2n) is 12.3. The first-order valence-corrected chi connectivity index (χ1v) is 13.9. The van der Waals surface area contributed by atoms with E-state index in [2.05, 4.69) is 74.7 Å². The van der Waals surface area contributed by atoms with Crippen LogP contribution >= 0.6 is 0 Å². The van der Waals surface area contributed by atoms with Gasteiger partial charge >= 0.3 is 0 Å². The number of benzene rings is 3. The van der Waals surface area contributed by atoms with E-state index in [0.717, 1.165) is 44.7 Å². The molecule has 194 valence electrons. The number of furan rings is 1. The Morgan fingerprint density at radius 2 is 1.45 bits per heavy atom. The van der Waals surface area contributed by atoms with Gasteiger partial charge in [-0.1, -0.05) is 57.2 Å². The van der Waals surface area contributed by atoms with Crippen LogP contribution in [0.5, 0.6) is 0 Å². The molecule has 3 aromatic carbocycles. The molecule has 0 bridgehead atoms. The van der Waals surface area contributed by atoms with Gasteiger partial charge in [0.2, 0.25) is 5.69 Å². The number of rotatable bonds is 3. The summed E-state index contributed by atoms with van der Waals surface area (Å²) in [6.07, 6.45) is 7.06. The summed E-state index contributed by atoms with van der Waals surface area (Å²) in [4.78, 5) is 0. The monoisotopic (exact) mass is 506 g/mol. The molecule has 0 unspecified atom stereocenters. The van der Waals surface area contributed by atoms with E-state index in [0.29, 0.717) is 22.5 Å². The van der Waals surface area contributed by atoms with Gasteiger partial charge in [0.25, 0.3) is 0 Å². The topological polar surface area (TPSA) is 17.0 Å². The van der Waals surface area contributed by atoms with E-state index in [-0.39, 0.29) is 5.82 Å². The predicted molar refractivity (Wildman–Crippen MR) is 155 cm³/mol. The van der Waals surface area contributed by atoms with Crippen molar-refractivity contribution in [1.29, 1.82) is 0 Å². The zero-order valence-corrected chi connectivity index (χ0v) is 23.1. The molecule has 1 saturated carbocycles. The SMILES string of the molecule is Cc1ccc2c(oc3c(-c4ccc(C5CCC(C(C)(C)C)CC5)cc4)c(F)ccc32)c1-c1cccc[n+]1C. The lowest BCUT2D eigenvalue weighted by atomic mass is 9.68. The van der Waals surface area contributed by atoms with Crippen molar-refractivity contribution in [3.63, 3.8) is 0 Å². The molecule has 1 aliphatic carbocycles. The van der Waals surface area contributed by atoms with Gasteiger partial charge in [0.05, 0.1) is 11.1 Å². The summed E-state index contributed by atoms with van der Waals surface area (Å²) in [5, 5.41) is 1.96. The van der Waals surface area contributed by atoms with E-state index >= 15 is 4.39 Å². The lowest BCUT2D eigenvalue weighted by Gasteiger charge is -2.37. The van der Waals surface area contributed by atoms with Crippen molar-refractivity contribution in [2.24, 2.45) is 18.4 Å². The van der Waals surface area contributed by atoms with Gasteiger partial charge in [0, 0.05) is 22.9 Å². The van der Waals surface area contributed by atoms with E-state index in [1.165, 1.54) is 31.2 Å². The lowest BCUT2D eigenvalue weighted by Crippen LogP contribution is -2.30. The molecule has 1 aliphatic rings. The molecule has 5 aromatic rings. The number of fused-ring (bicyclic) bond motifs is 3. The van der Waals surface area contributed by atoms with Gasteiger partial charge in [0.1, 0.15) is 24.0 Å². The minimum atomic E-state index is -0.251. The van der Waals surface area contributed by atoms with E-state index in [9.17, 15) is 0 Å². The Hall–Kier alpha value is -3.46. The highest BCUT2D eigenvalue weighted by atomic mass is 19.1. The highest BCUT2D eigenvalue weighted by molar-refractivity contribution is 6.13. The van der Waals surface area contributed by atoms with Gasteiger partial charge in [-0.2, -0.15) is 0 Å². The average molecular weight is 507 g/mol. The summed E-state index contributed by atoms with van der Waals surface area (Å²) in [5.74, 6) is 1.13. The molecule has 2 heterocycles. The first kappa shape index (κ1) is 24.9. The van der Waals surface area contributed by atoms with Gasteiger partial charge in [-0.15, -0.1) is 0 Å². The van der Waals surface area contributed by atoms with Crippen LogP contribution in [0.4, 0.5) is 4.39 Å². The Balaban J connectivity index is 1.41. The third kappa shape index (κ3) is 4.22. The van der Waals surface area contributed by atoms with Gasteiger partial charge < -0.3 is 4.42 Å². The van der Waals surface area contributed by atoms with E-state index < -0.39 is 0 Å². The fourth-order valence-electron chi connectivity index (χ4n) is 6.56. The number of halogens is 1. The minimum absolute atomic E-state index is 0.251. The zero-order valence-electron chi connectivity index (χ0n) is 23.1. The minimum Gasteiger partial charge on any atom is -0.454 e. The summed E-state index contributed by atoms with van der Waals surface area (Å²) < 4.78 is 24.1. The number of pyridine rings is 1.